The van der Waals surface area contributed by atoms with Gasteiger partial charge in [0.1, 0.15) is 16.4 Å². The van der Waals surface area contributed by atoms with Crippen LogP contribution in [0, 0.1) is 0 Å². The molecule has 1 unspecified atom stereocenters. The summed E-state index contributed by atoms with van der Waals surface area (Å²) in [5.41, 5.74) is 0. The van der Waals surface area contributed by atoms with Crippen molar-refractivity contribution < 1.29 is 17.9 Å². The highest BCUT2D eigenvalue weighted by molar-refractivity contribution is 7.89. The Balaban J connectivity index is 1.90. The molecule has 1 aliphatic rings. The van der Waals surface area contributed by atoms with Crippen molar-refractivity contribution in [2.24, 2.45) is 0 Å². The van der Waals surface area contributed by atoms with E-state index in [1.807, 2.05) is 0 Å². The molecular weight excluding hydrogens is 320 g/mol. The first-order valence-electron chi connectivity index (χ1n) is 7.14. The summed E-state index contributed by atoms with van der Waals surface area (Å²) < 4.78 is 37.6. The topological polar surface area (TPSA) is 86.5 Å². The van der Waals surface area contributed by atoms with Gasteiger partial charge < -0.3 is 9.47 Å². The van der Waals surface area contributed by atoms with Gasteiger partial charge in [-0.3, -0.25) is 0 Å². The van der Waals surface area contributed by atoms with E-state index in [1.165, 1.54) is 24.6 Å². The summed E-state index contributed by atoms with van der Waals surface area (Å²) in [6, 6.07) is 4.68. The second kappa shape index (κ2) is 6.17. The Hall–Kier alpha value is -2.13. The standard InChI is InChI=1S/C14H18N4O4S/c1-21-12-3-4-13(22-2)14(9-12)23(19,20)17-8-5-11(10-17)18-15-6-7-16-18/h3-4,6-7,9,11H,5,8,10H2,1-2H3. The number of aromatic nitrogens is 3. The molecule has 9 heteroatoms. The van der Waals surface area contributed by atoms with Gasteiger partial charge in [0.15, 0.2) is 0 Å². The zero-order valence-corrected chi connectivity index (χ0v) is 13.7. The van der Waals surface area contributed by atoms with E-state index in [2.05, 4.69) is 10.2 Å². The Labute approximate surface area is 134 Å². The average molecular weight is 338 g/mol. The van der Waals surface area contributed by atoms with E-state index in [0.29, 0.717) is 31.0 Å². The first kappa shape index (κ1) is 15.8. The molecule has 8 nitrogen and oxygen atoms in total. The fourth-order valence-corrected chi connectivity index (χ4v) is 4.32. The predicted molar refractivity (Wildman–Crippen MR) is 82.0 cm³/mol. The molecule has 1 fully saturated rings. The van der Waals surface area contributed by atoms with Crippen LogP contribution in [0.2, 0.25) is 0 Å². The maximum atomic E-state index is 12.9. The van der Waals surface area contributed by atoms with Gasteiger partial charge in [-0.1, -0.05) is 0 Å². The van der Waals surface area contributed by atoms with Gasteiger partial charge in [-0.2, -0.15) is 19.3 Å². The van der Waals surface area contributed by atoms with E-state index in [1.54, 1.807) is 29.3 Å². The zero-order chi connectivity index (χ0) is 16.4. The van der Waals surface area contributed by atoms with Crippen molar-refractivity contribution in [2.45, 2.75) is 17.4 Å². The van der Waals surface area contributed by atoms with E-state index in [0.717, 1.165) is 0 Å². The minimum Gasteiger partial charge on any atom is -0.497 e. The van der Waals surface area contributed by atoms with Crippen LogP contribution in [-0.2, 0) is 10.0 Å². The lowest BCUT2D eigenvalue weighted by atomic mass is 10.3. The predicted octanol–water partition coefficient (Wildman–Crippen LogP) is 0.931. The molecule has 0 radical (unpaired) electrons. The van der Waals surface area contributed by atoms with Gasteiger partial charge in [0.25, 0.3) is 0 Å². The average Bonchev–Trinajstić information content (AvgIpc) is 3.25. The lowest BCUT2D eigenvalue weighted by Gasteiger charge is -2.18. The van der Waals surface area contributed by atoms with Crippen LogP contribution >= 0.6 is 0 Å². The van der Waals surface area contributed by atoms with Crippen LogP contribution in [0.1, 0.15) is 12.5 Å². The highest BCUT2D eigenvalue weighted by atomic mass is 32.2. The van der Waals surface area contributed by atoms with Crippen molar-refractivity contribution in [3.05, 3.63) is 30.6 Å². The molecule has 3 rings (SSSR count). The number of rotatable bonds is 5. The highest BCUT2D eigenvalue weighted by Crippen LogP contribution is 2.33. The smallest absolute Gasteiger partial charge is 0.246 e. The van der Waals surface area contributed by atoms with Crippen molar-refractivity contribution in [2.75, 3.05) is 27.3 Å². The lowest BCUT2D eigenvalue weighted by molar-refractivity contribution is 0.384. The highest BCUT2D eigenvalue weighted by Gasteiger charge is 2.35. The summed E-state index contributed by atoms with van der Waals surface area (Å²) in [5, 5.41) is 8.18. The molecule has 0 aliphatic carbocycles. The molecule has 0 saturated carbocycles. The van der Waals surface area contributed by atoms with E-state index >= 15 is 0 Å². The second-order valence-corrected chi connectivity index (χ2v) is 7.08. The van der Waals surface area contributed by atoms with Gasteiger partial charge in [0, 0.05) is 19.2 Å². The number of hydrogen-bond donors (Lipinski definition) is 0. The minimum atomic E-state index is -3.68. The molecule has 0 N–H and O–H groups in total. The maximum absolute atomic E-state index is 12.9. The van der Waals surface area contributed by atoms with Gasteiger partial charge in [-0.25, -0.2) is 8.42 Å². The number of nitrogens with zero attached hydrogens (tertiary/aromatic N) is 4. The monoisotopic (exact) mass is 338 g/mol. The van der Waals surface area contributed by atoms with E-state index in [9.17, 15) is 8.42 Å². The Morgan fingerprint density at radius 2 is 1.91 bits per heavy atom. The third-order valence-corrected chi connectivity index (χ3v) is 5.76. The number of methoxy groups -OCH3 is 2. The van der Waals surface area contributed by atoms with Crippen LogP contribution < -0.4 is 9.47 Å². The van der Waals surface area contributed by atoms with Crippen LogP contribution in [-0.4, -0.2) is 55.0 Å². The van der Waals surface area contributed by atoms with Crippen LogP contribution in [0.5, 0.6) is 11.5 Å². The molecule has 0 bridgehead atoms. The molecule has 23 heavy (non-hydrogen) atoms. The second-order valence-electron chi connectivity index (χ2n) is 5.17. The third kappa shape index (κ3) is 2.89. The SMILES string of the molecule is COc1ccc(OC)c(S(=O)(=O)N2CCC(n3nccn3)C2)c1. The fourth-order valence-electron chi connectivity index (χ4n) is 2.66. The van der Waals surface area contributed by atoms with Gasteiger partial charge >= 0.3 is 0 Å². The first-order chi connectivity index (χ1) is 11.1. The summed E-state index contributed by atoms with van der Waals surface area (Å²) in [6.45, 7) is 0.742. The summed E-state index contributed by atoms with van der Waals surface area (Å²) in [4.78, 5) is 1.66. The first-order valence-corrected chi connectivity index (χ1v) is 8.58. The molecule has 1 aromatic carbocycles. The number of benzene rings is 1. The molecule has 0 spiro atoms. The van der Waals surface area contributed by atoms with Gasteiger partial charge in [-0.15, -0.1) is 0 Å². The molecule has 0 amide bonds. The summed E-state index contributed by atoms with van der Waals surface area (Å²) in [7, 11) is -0.739. The molecule has 2 aromatic rings. The van der Waals surface area contributed by atoms with E-state index in [4.69, 9.17) is 9.47 Å². The van der Waals surface area contributed by atoms with Crippen molar-refractivity contribution in [3.8, 4) is 11.5 Å². The molecule has 124 valence electrons. The van der Waals surface area contributed by atoms with Crippen molar-refractivity contribution in [3.63, 3.8) is 0 Å². The van der Waals surface area contributed by atoms with Crippen LogP contribution in [0.15, 0.2) is 35.5 Å². The van der Waals surface area contributed by atoms with Gasteiger partial charge in [0.05, 0.1) is 32.7 Å². The maximum Gasteiger partial charge on any atom is 0.246 e. The molecule has 1 aliphatic heterocycles. The molecule has 1 atom stereocenters. The largest absolute Gasteiger partial charge is 0.497 e. The van der Waals surface area contributed by atoms with Crippen LogP contribution in [0.3, 0.4) is 0 Å². The fraction of sp³-hybridized carbons (Fsp3) is 0.429. The summed E-state index contributed by atoms with van der Waals surface area (Å²) in [6.07, 6.45) is 3.84. The third-order valence-electron chi connectivity index (χ3n) is 3.88. The quantitative estimate of drug-likeness (QED) is 0.806. The van der Waals surface area contributed by atoms with Crippen LogP contribution in [0.25, 0.3) is 0 Å². The van der Waals surface area contributed by atoms with E-state index in [-0.39, 0.29) is 10.9 Å². The number of sulfonamides is 1. The summed E-state index contributed by atoms with van der Waals surface area (Å²) >= 11 is 0. The molecule has 1 saturated heterocycles. The normalized spacial score (nSPS) is 19.0. The molecule has 2 heterocycles. The van der Waals surface area contributed by atoms with E-state index < -0.39 is 10.0 Å². The number of ether oxygens (including phenoxy) is 2. The van der Waals surface area contributed by atoms with Gasteiger partial charge in [-0.05, 0) is 18.6 Å². The van der Waals surface area contributed by atoms with Crippen LogP contribution in [0.4, 0.5) is 0 Å². The van der Waals surface area contributed by atoms with Crippen molar-refractivity contribution >= 4 is 10.0 Å². The van der Waals surface area contributed by atoms with Gasteiger partial charge in [0.2, 0.25) is 10.0 Å². The van der Waals surface area contributed by atoms with Crippen molar-refractivity contribution in [1.82, 2.24) is 19.3 Å². The molecule has 1 aromatic heterocycles. The minimum absolute atomic E-state index is 0.0589. The Morgan fingerprint density at radius 3 is 2.57 bits per heavy atom. The lowest BCUT2D eigenvalue weighted by Crippen LogP contribution is -2.30. The zero-order valence-electron chi connectivity index (χ0n) is 12.9. The Morgan fingerprint density at radius 1 is 1.17 bits per heavy atom. The summed E-state index contributed by atoms with van der Waals surface area (Å²) in [5.74, 6) is 0.764. The van der Waals surface area contributed by atoms with Crippen molar-refractivity contribution in [1.29, 1.82) is 0 Å². The Kier molecular flexibility index (Phi) is 4.22. The molecular formula is C14H18N4O4S. The number of hydrogen-bond acceptors (Lipinski definition) is 6. The Bertz CT molecular complexity index is 776.